The molecule has 2 aromatic heterocycles. The highest BCUT2D eigenvalue weighted by Crippen LogP contribution is 2.42. The Morgan fingerprint density at radius 2 is 1.56 bits per heavy atom. The molecule has 4 rings (SSSR count). The van der Waals surface area contributed by atoms with E-state index in [0.29, 0.717) is 0 Å². The van der Waals surface area contributed by atoms with E-state index in [1.807, 2.05) is 24.5 Å². The lowest BCUT2D eigenvalue weighted by Gasteiger charge is -2.30. The van der Waals surface area contributed by atoms with E-state index in [2.05, 4.69) is 42.2 Å². The first kappa shape index (κ1) is 15.6. The standard InChI is InChI=1S/C21H21N3O/c1-15-10-11-18(19(14-15)25-2)24-20-16(8-4-12-22-20)6-3-7-17-9-5-13-23-21(17)24/h4-5,8-14H,3,6-7H2,1-2H3. The first-order valence-electron chi connectivity index (χ1n) is 8.60. The number of aryl methyl sites for hydroxylation is 3. The second kappa shape index (κ2) is 6.55. The Hall–Kier alpha value is -2.88. The van der Waals surface area contributed by atoms with Crippen molar-refractivity contribution in [1.82, 2.24) is 9.97 Å². The summed E-state index contributed by atoms with van der Waals surface area (Å²) in [5.74, 6) is 2.70. The second-order valence-electron chi connectivity index (χ2n) is 6.34. The van der Waals surface area contributed by atoms with E-state index < -0.39 is 0 Å². The van der Waals surface area contributed by atoms with Crippen LogP contribution in [0.3, 0.4) is 0 Å². The van der Waals surface area contributed by atoms with Gasteiger partial charge in [0.1, 0.15) is 17.4 Å². The highest BCUT2D eigenvalue weighted by molar-refractivity contribution is 5.80. The molecule has 0 amide bonds. The zero-order valence-corrected chi connectivity index (χ0v) is 14.6. The quantitative estimate of drug-likeness (QED) is 0.679. The molecule has 25 heavy (non-hydrogen) atoms. The monoisotopic (exact) mass is 331 g/mol. The van der Waals surface area contributed by atoms with Crippen LogP contribution in [0.4, 0.5) is 17.3 Å². The average molecular weight is 331 g/mol. The predicted molar refractivity (Wildman–Crippen MR) is 100 cm³/mol. The molecule has 3 aromatic rings. The molecule has 1 aliphatic heterocycles. The molecule has 0 atom stereocenters. The number of methoxy groups -OCH3 is 1. The molecule has 0 saturated carbocycles. The third-order valence-electron chi connectivity index (χ3n) is 4.63. The first-order chi connectivity index (χ1) is 12.3. The number of rotatable bonds is 2. The number of hydrogen-bond donors (Lipinski definition) is 0. The molecule has 0 spiro atoms. The molecule has 3 heterocycles. The van der Waals surface area contributed by atoms with Crippen LogP contribution in [-0.4, -0.2) is 17.1 Å². The summed E-state index contributed by atoms with van der Waals surface area (Å²) in [6.45, 7) is 2.07. The molecule has 0 radical (unpaired) electrons. The topological polar surface area (TPSA) is 38.2 Å². The van der Waals surface area contributed by atoms with Gasteiger partial charge in [-0.2, -0.15) is 0 Å². The molecule has 0 bridgehead atoms. The van der Waals surface area contributed by atoms with Crippen molar-refractivity contribution in [3.8, 4) is 5.75 Å². The van der Waals surface area contributed by atoms with E-state index in [1.165, 1.54) is 11.1 Å². The molecule has 1 aliphatic rings. The Morgan fingerprint density at radius 3 is 2.16 bits per heavy atom. The number of fused-ring (bicyclic) bond motifs is 2. The van der Waals surface area contributed by atoms with E-state index in [9.17, 15) is 0 Å². The Balaban J connectivity index is 2.00. The summed E-state index contributed by atoms with van der Waals surface area (Å²) in [6, 6.07) is 14.6. The summed E-state index contributed by atoms with van der Waals surface area (Å²) in [5, 5.41) is 0. The summed E-state index contributed by atoms with van der Waals surface area (Å²) in [6.07, 6.45) is 6.79. The van der Waals surface area contributed by atoms with Crippen molar-refractivity contribution in [2.75, 3.05) is 12.0 Å². The minimum atomic E-state index is 0.828. The minimum absolute atomic E-state index is 0.828. The zero-order valence-electron chi connectivity index (χ0n) is 14.6. The molecule has 0 N–H and O–H groups in total. The first-order valence-corrected chi connectivity index (χ1v) is 8.60. The molecule has 0 unspecified atom stereocenters. The number of benzene rings is 1. The van der Waals surface area contributed by atoms with E-state index >= 15 is 0 Å². The number of pyridine rings is 2. The highest BCUT2D eigenvalue weighted by Gasteiger charge is 2.25. The Bertz CT molecular complexity index is 860. The number of aromatic nitrogens is 2. The van der Waals surface area contributed by atoms with Gasteiger partial charge in [0.2, 0.25) is 0 Å². The molecule has 0 saturated heterocycles. The van der Waals surface area contributed by atoms with Crippen LogP contribution < -0.4 is 9.64 Å². The fraction of sp³-hybridized carbons (Fsp3) is 0.238. The van der Waals surface area contributed by atoms with Gasteiger partial charge >= 0.3 is 0 Å². The van der Waals surface area contributed by atoms with Crippen LogP contribution >= 0.6 is 0 Å². The summed E-state index contributed by atoms with van der Waals surface area (Å²) >= 11 is 0. The molecular formula is C21H21N3O. The number of hydrogen-bond acceptors (Lipinski definition) is 4. The summed E-state index contributed by atoms with van der Waals surface area (Å²) in [5.41, 5.74) is 4.60. The number of anilines is 3. The van der Waals surface area contributed by atoms with Crippen molar-refractivity contribution in [3.63, 3.8) is 0 Å². The van der Waals surface area contributed by atoms with E-state index in [0.717, 1.165) is 47.9 Å². The van der Waals surface area contributed by atoms with E-state index in [-0.39, 0.29) is 0 Å². The minimum Gasteiger partial charge on any atom is -0.495 e. The SMILES string of the molecule is COc1cc(C)ccc1N1c2ncccc2CCCc2cccnc21. The maximum Gasteiger partial charge on any atom is 0.143 e. The van der Waals surface area contributed by atoms with Gasteiger partial charge in [0.05, 0.1) is 12.8 Å². The van der Waals surface area contributed by atoms with Gasteiger partial charge in [0.15, 0.2) is 0 Å². The maximum atomic E-state index is 5.68. The van der Waals surface area contributed by atoms with E-state index in [4.69, 9.17) is 14.7 Å². The third kappa shape index (κ3) is 2.84. The zero-order chi connectivity index (χ0) is 17.2. The van der Waals surface area contributed by atoms with Crippen LogP contribution in [0.5, 0.6) is 5.75 Å². The summed E-state index contributed by atoms with van der Waals surface area (Å²) in [4.78, 5) is 11.6. The molecule has 126 valence electrons. The predicted octanol–water partition coefficient (Wildman–Crippen LogP) is 4.75. The Morgan fingerprint density at radius 1 is 0.920 bits per heavy atom. The van der Waals surface area contributed by atoms with Gasteiger partial charge in [0, 0.05) is 12.4 Å². The van der Waals surface area contributed by atoms with Gasteiger partial charge in [-0.25, -0.2) is 9.97 Å². The van der Waals surface area contributed by atoms with Gasteiger partial charge in [-0.15, -0.1) is 0 Å². The van der Waals surface area contributed by atoms with Crippen molar-refractivity contribution in [2.45, 2.75) is 26.2 Å². The fourth-order valence-electron chi connectivity index (χ4n) is 3.42. The van der Waals surface area contributed by atoms with Gasteiger partial charge in [-0.3, -0.25) is 4.90 Å². The smallest absolute Gasteiger partial charge is 0.143 e. The average Bonchev–Trinajstić information content (AvgIpc) is 2.63. The molecule has 0 fully saturated rings. The maximum absolute atomic E-state index is 5.68. The lowest BCUT2D eigenvalue weighted by molar-refractivity contribution is 0.415. The molecule has 4 nitrogen and oxygen atoms in total. The van der Waals surface area contributed by atoms with Crippen molar-refractivity contribution in [1.29, 1.82) is 0 Å². The number of ether oxygens (including phenoxy) is 1. The van der Waals surface area contributed by atoms with Crippen LogP contribution in [0.25, 0.3) is 0 Å². The second-order valence-corrected chi connectivity index (χ2v) is 6.34. The number of nitrogens with zero attached hydrogens (tertiary/aromatic N) is 3. The normalized spacial score (nSPS) is 13.4. The van der Waals surface area contributed by atoms with E-state index in [1.54, 1.807) is 7.11 Å². The van der Waals surface area contributed by atoms with Crippen molar-refractivity contribution in [3.05, 3.63) is 71.5 Å². The van der Waals surface area contributed by atoms with Crippen LogP contribution in [0.15, 0.2) is 54.9 Å². The summed E-state index contributed by atoms with van der Waals surface area (Å²) < 4.78 is 5.68. The van der Waals surface area contributed by atoms with Gasteiger partial charge in [0.25, 0.3) is 0 Å². The van der Waals surface area contributed by atoms with Crippen LogP contribution in [-0.2, 0) is 12.8 Å². The largest absolute Gasteiger partial charge is 0.495 e. The Labute approximate surface area is 148 Å². The van der Waals surface area contributed by atoms with Gasteiger partial charge in [-0.1, -0.05) is 18.2 Å². The van der Waals surface area contributed by atoms with Crippen LogP contribution in [0.1, 0.15) is 23.1 Å². The molecule has 0 aliphatic carbocycles. The fourth-order valence-corrected chi connectivity index (χ4v) is 3.42. The van der Waals surface area contributed by atoms with Crippen LogP contribution in [0.2, 0.25) is 0 Å². The van der Waals surface area contributed by atoms with Crippen molar-refractivity contribution in [2.24, 2.45) is 0 Å². The highest BCUT2D eigenvalue weighted by atomic mass is 16.5. The summed E-state index contributed by atoms with van der Waals surface area (Å²) in [7, 11) is 1.71. The van der Waals surface area contributed by atoms with Gasteiger partial charge < -0.3 is 4.74 Å². The van der Waals surface area contributed by atoms with Crippen molar-refractivity contribution >= 4 is 17.3 Å². The van der Waals surface area contributed by atoms with Gasteiger partial charge in [-0.05, 0) is 67.1 Å². The lowest BCUT2D eigenvalue weighted by Crippen LogP contribution is -2.19. The Kier molecular flexibility index (Phi) is 4.10. The van der Waals surface area contributed by atoms with Crippen molar-refractivity contribution < 1.29 is 4.74 Å². The molecular weight excluding hydrogens is 310 g/mol. The third-order valence-corrected chi connectivity index (χ3v) is 4.63. The van der Waals surface area contributed by atoms with Crippen LogP contribution in [0, 0.1) is 6.92 Å². The molecule has 4 heteroatoms. The lowest BCUT2D eigenvalue weighted by atomic mass is 10.0. The molecule has 1 aromatic carbocycles.